The van der Waals surface area contributed by atoms with Crippen LogP contribution in [0.15, 0.2) is 30.5 Å². The number of rotatable bonds is 6. The van der Waals surface area contributed by atoms with E-state index in [2.05, 4.69) is 4.98 Å². The number of ether oxygens (including phenoxy) is 2. The lowest BCUT2D eigenvalue weighted by Crippen LogP contribution is -2.29. The molecule has 0 radical (unpaired) electrons. The lowest BCUT2D eigenvalue weighted by Gasteiger charge is -2.22. The number of aromatic nitrogens is 1. The predicted octanol–water partition coefficient (Wildman–Crippen LogP) is 2.93. The lowest BCUT2D eigenvalue weighted by atomic mass is 10.1. The molecule has 0 aliphatic rings. The van der Waals surface area contributed by atoms with E-state index in [1.807, 2.05) is 36.2 Å². The van der Waals surface area contributed by atoms with Gasteiger partial charge in [0.25, 0.3) is 0 Å². The fourth-order valence-corrected chi connectivity index (χ4v) is 2.52. The second kappa shape index (κ2) is 6.77. The Morgan fingerprint density at radius 2 is 2.10 bits per heavy atom. The van der Waals surface area contributed by atoms with Gasteiger partial charge in [0.15, 0.2) is 0 Å². The molecule has 1 aromatic heterocycles. The van der Waals surface area contributed by atoms with Gasteiger partial charge in [-0.25, -0.2) is 4.98 Å². The van der Waals surface area contributed by atoms with Gasteiger partial charge in [-0.2, -0.15) is 0 Å². The van der Waals surface area contributed by atoms with Crippen LogP contribution >= 0.6 is 11.6 Å². The zero-order chi connectivity index (χ0) is 14.5. The van der Waals surface area contributed by atoms with Crippen molar-refractivity contribution in [3.05, 3.63) is 30.5 Å². The van der Waals surface area contributed by atoms with Crippen molar-refractivity contribution >= 4 is 28.2 Å². The maximum Gasteiger partial charge on any atom is 0.136 e. The highest BCUT2D eigenvalue weighted by molar-refractivity contribution is 6.21. The molecule has 0 aliphatic heterocycles. The number of anilines is 1. The van der Waals surface area contributed by atoms with Crippen LogP contribution in [0.5, 0.6) is 5.75 Å². The van der Waals surface area contributed by atoms with Crippen molar-refractivity contribution in [1.29, 1.82) is 0 Å². The van der Waals surface area contributed by atoms with Crippen LogP contribution in [0, 0.1) is 0 Å². The fourth-order valence-electron chi connectivity index (χ4n) is 2.19. The number of alkyl halides is 1. The van der Waals surface area contributed by atoms with Crippen molar-refractivity contribution in [2.75, 3.05) is 39.3 Å². The molecule has 0 bridgehead atoms. The summed E-state index contributed by atoms with van der Waals surface area (Å²) < 4.78 is 10.3. The van der Waals surface area contributed by atoms with E-state index in [1.165, 1.54) is 0 Å². The molecule has 1 unspecified atom stereocenters. The Hall–Kier alpha value is -1.52. The minimum Gasteiger partial charge on any atom is -0.497 e. The van der Waals surface area contributed by atoms with Crippen LogP contribution in [0.1, 0.15) is 0 Å². The number of fused-ring (bicyclic) bond motifs is 1. The van der Waals surface area contributed by atoms with Crippen molar-refractivity contribution in [3.8, 4) is 5.75 Å². The molecule has 0 saturated heterocycles. The van der Waals surface area contributed by atoms with Crippen LogP contribution in [-0.4, -0.2) is 44.8 Å². The maximum absolute atomic E-state index is 6.21. The Morgan fingerprint density at radius 1 is 1.30 bits per heavy atom. The Labute approximate surface area is 124 Å². The standard InChI is InChI=1S/C15H19ClN2O2/c1-18(9-12(16)10-19-2)15-14-5-4-13(20-3)8-11(14)6-7-17-15/h4-8,12H,9-10H2,1-3H3. The average Bonchev–Trinajstić information content (AvgIpc) is 2.46. The molecule has 0 amide bonds. The van der Waals surface area contributed by atoms with Crippen molar-refractivity contribution in [3.63, 3.8) is 0 Å². The molecule has 0 spiro atoms. The van der Waals surface area contributed by atoms with Crippen LogP contribution in [0.25, 0.3) is 10.8 Å². The summed E-state index contributed by atoms with van der Waals surface area (Å²) in [5, 5.41) is 2.11. The topological polar surface area (TPSA) is 34.6 Å². The monoisotopic (exact) mass is 294 g/mol. The average molecular weight is 295 g/mol. The smallest absolute Gasteiger partial charge is 0.136 e. The maximum atomic E-state index is 6.21. The highest BCUT2D eigenvalue weighted by Gasteiger charge is 2.12. The molecule has 1 atom stereocenters. The van der Waals surface area contributed by atoms with E-state index in [9.17, 15) is 0 Å². The van der Waals surface area contributed by atoms with E-state index < -0.39 is 0 Å². The second-order valence-electron chi connectivity index (χ2n) is 4.65. The van der Waals surface area contributed by atoms with Crippen LogP contribution in [0.2, 0.25) is 0 Å². The first-order valence-corrected chi connectivity index (χ1v) is 6.86. The highest BCUT2D eigenvalue weighted by Crippen LogP contribution is 2.27. The molecule has 2 aromatic rings. The first kappa shape index (κ1) is 14.9. The normalized spacial score (nSPS) is 12.4. The SMILES string of the molecule is COCC(Cl)CN(C)c1nccc2cc(OC)ccc12. The van der Waals surface area contributed by atoms with Gasteiger partial charge in [-0.05, 0) is 29.7 Å². The van der Waals surface area contributed by atoms with Gasteiger partial charge in [-0.15, -0.1) is 11.6 Å². The molecule has 2 rings (SSSR count). The Kier molecular flexibility index (Phi) is 5.04. The molecule has 0 aliphatic carbocycles. The summed E-state index contributed by atoms with van der Waals surface area (Å²) in [5.74, 6) is 1.75. The number of benzene rings is 1. The molecular formula is C15H19ClN2O2. The second-order valence-corrected chi connectivity index (χ2v) is 5.27. The first-order chi connectivity index (χ1) is 9.65. The molecule has 4 nitrogen and oxygen atoms in total. The lowest BCUT2D eigenvalue weighted by molar-refractivity contribution is 0.199. The zero-order valence-electron chi connectivity index (χ0n) is 12.0. The minimum atomic E-state index is -0.0692. The highest BCUT2D eigenvalue weighted by atomic mass is 35.5. The van der Waals surface area contributed by atoms with Crippen molar-refractivity contribution in [1.82, 2.24) is 4.98 Å². The van der Waals surface area contributed by atoms with Crippen molar-refractivity contribution in [2.24, 2.45) is 0 Å². The third kappa shape index (κ3) is 3.32. The predicted molar refractivity (Wildman–Crippen MR) is 83.1 cm³/mol. The van der Waals surface area contributed by atoms with E-state index in [0.29, 0.717) is 13.2 Å². The third-order valence-corrected chi connectivity index (χ3v) is 3.40. The molecular weight excluding hydrogens is 276 g/mol. The van der Waals surface area contributed by atoms with E-state index in [-0.39, 0.29) is 5.38 Å². The van der Waals surface area contributed by atoms with Gasteiger partial charge in [-0.1, -0.05) is 0 Å². The Balaban J connectivity index is 2.29. The number of nitrogens with zero attached hydrogens (tertiary/aromatic N) is 2. The summed E-state index contributed by atoms with van der Waals surface area (Å²) in [6, 6.07) is 7.94. The number of pyridine rings is 1. The number of hydrogen-bond acceptors (Lipinski definition) is 4. The van der Waals surface area contributed by atoms with E-state index in [0.717, 1.165) is 22.3 Å². The molecule has 0 N–H and O–H groups in total. The van der Waals surface area contributed by atoms with Gasteiger partial charge in [0.1, 0.15) is 11.6 Å². The Morgan fingerprint density at radius 3 is 2.80 bits per heavy atom. The molecule has 1 aromatic carbocycles. The van der Waals surface area contributed by atoms with E-state index >= 15 is 0 Å². The number of halogens is 1. The molecule has 20 heavy (non-hydrogen) atoms. The molecule has 0 saturated carbocycles. The summed E-state index contributed by atoms with van der Waals surface area (Å²) >= 11 is 6.21. The van der Waals surface area contributed by atoms with Crippen LogP contribution in [0.4, 0.5) is 5.82 Å². The van der Waals surface area contributed by atoms with Gasteiger partial charge >= 0.3 is 0 Å². The third-order valence-electron chi connectivity index (χ3n) is 3.13. The van der Waals surface area contributed by atoms with Crippen molar-refractivity contribution < 1.29 is 9.47 Å². The van der Waals surface area contributed by atoms with Gasteiger partial charge in [0, 0.05) is 32.3 Å². The number of methoxy groups -OCH3 is 2. The first-order valence-electron chi connectivity index (χ1n) is 6.42. The molecule has 108 valence electrons. The van der Waals surface area contributed by atoms with Crippen LogP contribution in [0.3, 0.4) is 0 Å². The van der Waals surface area contributed by atoms with Gasteiger partial charge in [-0.3, -0.25) is 0 Å². The van der Waals surface area contributed by atoms with E-state index in [1.54, 1.807) is 20.4 Å². The van der Waals surface area contributed by atoms with Gasteiger partial charge in [0.05, 0.1) is 19.1 Å². The summed E-state index contributed by atoms with van der Waals surface area (Å²) in [5.41, 5.74) is 0. The summed E-state index contributed by atoms with van der Waals surface area (Å²) in [4.78, 5) is 6.51. The van der Waals surface area contributed by atoms with Gasteiger partial charge < -0.3 is 14.4 Å². The van der Waals surface area contributed by atoms with E-state index in [4.69, 9.17) is 21.1 Å². The summed E-state index contributed by atoms with van der Waals surface area (Å²) in [7, 11) is 5.30. The zero-order valence-corrected chi connectivity index (χ0v) is 12.7. The van der Waals surface area contributed by atoms with Gasteiger partial charge in [0.2, 0.25) is 0 Å². The molecule has 1 heterocycles. The molecule has 5 heteroatoms. The van der Waals surface area contributed by atoms with Crippen molar-refractivity contribution in [2.45, 2.75) is 5.38 Å². The minimum absolute atomic E-state index is 0.0692. The largest absolute Gasteiger partial charge is 0.497 e. The quantitative estimate of drug-likeness (QED) is 0.767. The number of hydrogen-bond donors (Lipinski definition) is 0. The summed E-state index contributed by atoms with van der Waals surface area (Å²) in [6.45, 7) is 1.19. The molecule has 0 fully saturated rings. The fraction of sp³-hybridized carbons (Fsp3) is 0.400. The Bertz CT molecular complexity index is 577. The van der Waals surface area contributed by atoms with Crippen LogP contribution in [-0.2, 0) is 4.74 Å². The van der Waals surface area contributed by atoms with Crippen LogP contribution < -0.4 is 9.64 Å². The summed E-state index contributed by atoms with van der Waals surface area (Å²) in [6.07, 6.45) is 1.80.